The van der Waals surface area contributed by atoms with Crippen molar-refractivity contribution in [1.82, 2.24) is 10.5 Å². The molecule has 1 heterocycles. The molecule has 0 aromatic carbocycles. The van der Waals surface area contributed by atoms with Gasteiger partial charge in [-0.05, 0) is 25.2 Å². The van der Waals surface area contributed by atoms with Crippen molar-refractivity contribution in [3.05, 3.63) is 17.5 Å². The molecule has 1 aromatic rings. The smallest absolute Gasteiger partial charge is 0.150 e. The fourth-order valence-corrected chi connectivity index (χ4v) is 2.43. The molecule has 1 atom stereocenters. The molecule has 0 radical (unpaired) electrons. The van der Waals surface area contributed by atoms with Gasteiger partial charge in [-0.1, -0.05) is 25.4 Å². The maximum atomic E-state index is 5.18. The lowest BCUT2D eigenvalue weighted by molar-refractivity contribution is 0.270. The van der Waals surface area contributed by atoms with Gasteiger partial charge in [0.1, 0.15) is 0 Å². The Balaban J connectivity index is 1.88. The van der Waals surface area contributed by atoms with Crippen LogP contribution in [0.4, 0.5) is 0 Å². The van der Waals surface area contributed by atoms with Crippen LogP contribution in [0, 0.1) is 12.3 Å². The van der Waals surface area contributed by atoms with E-state index in [1.807, 2.05) is 13.0 Å². The van der Waals surface area contributed by atoms with Crippen molar-refractivity contribution >= 4 is 0 Å². The molecule has 1 unspecified atom stereocenters. The third kappa shape index (κ3) is 2.40. The van der Waals surface area contributed by atoms with E-state index in [1.165, 1.54) is 19.3 Å². The molecule has 0 saturated heterocycles. The second-order valence-electron chi connectivity index (χ2n) is 5.25. The molecule has 3 heteroatoms. The van der Waals surface area contributed by atoms with Crippen LogP contribution in [0.25, 0.3) is 0 Å². The van der Waals surface area contributed by atoms with E-state index in [9.17, 15) is 0 Å². The molecule has 3 nitrogen and oxygen atoms in total. The summed E-state index contributed by atoms with van der Waals surface area (Å²) in [4.78, 5) is 0. The number of aryl methyl sites for hydroxylation is 1. The molecular weight excluding hydrogens is 188 g/mol. The van der Waals surface area contributed by atoms with E-state index >= 15 is 0 Å². The Hall–Kier alpha value is -0.830. The maximum absolute atomic E-state index is 5.18. The summed E-state index contributed by atoms with van der Waals surface area (Å²) in [5.74, 6) is 0.940. The molecule has 1 aliphatic carbocycles. The minimum Gasteiger partial charge on any atom is -0.360 e. The van der Waals surface area contributed by atoms with Gasteiger partial charge in [0.05, 0.1) is 12.2 Å². The van der Waals surface area contributed by atoms with Gasteiger partial charge in [0.25, 0.3) is 0 Å². The van der Waals surface area contributed by atoms with Crippen LogP contribution in [-0.4, -0.2) is 11.2 Å². The summed E-state index contributed by atoms with van der Waals surface area (Å²) in [5.41, 5.74) is 1.38. The zero-order valence-electron chi connectivity index (χ0n) is 9.84. The lowest BCUT2D eigenvalue weighted by atomic mass is 9.87. The highest BCUT2D eigenvalue weighted by molar-refractivity contribution is 5.03. The van der Waals surface area contributed by atoms with Gasteiger partial charge in [0, 0.05) is 12.1 Å². The minimum absolute atomic E-state index is 0.426. The van der Waals surface area contributed by atoms with E-state index in [4.69, 9.17) is 4.52 Å². The summed E-state index contributed by atoms with van der Waals surface area (Å²) in [7, 11) is 0. The highest BCUT2D eigenvalue weighted by Crippen LogP contribution is 2.37. The number of nitrogens with zero attached hydrogens (tertiary/aromatic N) is 1. The average molecular weight is 208 g/mol. The molecule has 84 valence electrons. The molecule has 0 bridgehead atoms. The van der Waals surface area contributed by atoms with Crippen LogP contribution >= 0.6 is 0 Å². The molecular formula is C12H20N2O. The first-order chi connectivity index (χ1) is 7.08. The Kier molecular flexibility index (Phi) is 2.83. The Morgan fingerprint density at radius 3 is 2.93 bits per heavy atom. The number of rotatable bonds is 3. The van der Waals surface area contributed by atoms with E-state index in [2.05, 4.69) is 24.3 Å². The Morgan fingerprint density at radius 2 is 2.40 bits per heavy atom. The van der Waals surface area contributed by atoms with Crippen LogP contribution in [0.3, 0.4) is 0 Å². The first-order valence-corrected chi connectivity index (χ1v) is 5.73. The van der Waals surface area contributed by atoms with Gasteiger partial charge in [-0.25, -0.2) is 0 Å². The third-order valence-electron chi connectivity index (χ3n) is 3.46. The maximum Gasteiger partial charge on any atom is 0.150 e. The fraction of sp³-hybridized carbons (Fsp3) is 0.750. The second-order valence-corrected chi connectivity index (χ2v) is 5.25. The molecule has 1 fully saturated rings. The van der Waals surface area contributed by atoms with Crippen molar-refractivity contribution in [2.45, 2.75) is 52.6 Å². The van der Waals surface area contributed by atoms with Crippen LogP contribution in [0.15, 0.2) is 10.6 Å². The minimum atomic E-state index is 0.426. The Labute approximate surface area is 91.2 Å². The summed E-state index contributed by atoms with van der Waals surface area (Å²) < 4.78 is 5.18. The van der Waals surface area contributed by atoms with Crippen LogP contribution in [0.1, 0.15) is 44.6 Å². The molecule has 1 aliphatic rings. The first-order valence-electron chi connectivity index (χ1n) is 5.73. The van der Waals surface area contributed by atoms with Gasteiger partial charge in [-0.15, -0.1) is 0 Å². The first kappa shape index (κ1) is 10.7. The van der Waals surface area contributed by atoms with Crippen LogP contribution in [0.5, 0.6) is 0 Å². The van der Waals surface area contributed by atoms with Crippen molar-refractivity contribution in [2.75, 3.05) is 0 Å². The van der Waals surface area contributed by atoms with E-state index in [-0.39, 0.29) is 0 Å². The van der Waals surface area contributed by atoms with Gasteiger partial charge in [-0.3, -0.25) is 0 Å². The predicted molar refractivity (Wildman–Crippen MR) is 59.5 cm³/mol. The molecule has 2 rings (SSSR count). The quantitative estimate of drug-likeness (QED) is 0.829. The summed E-state index contributed by atoms with van der Waals surface area (Å²) in [6.45, 7) is 7.42. The molecule has 1 aromatic heterocycles. The summed E-state index contributed by atoms with van der Waals surface area (Å²) >= 11 is 0. The molecule has 0 spiro atoms. The van der Waals surface area contributed by atoms with Crippen LogP contribution in [0.2, 0.25) is 0 Å². The third-order valence-corrected chi connectivity index (χ3v) is 3.46. The number of hydrogen-bond donors (Lipinski definition) is 1. The Bertz CT molecular complexity index is 330. The van der Waals surface area contributed by atoms with E-state index in [0.29, 0.717) is 11.5 Å². The topological polar surface area (TPSA) is 38.1 Å². The summed E-state index contributed by atoms with van der Waals surface area (Å²) in [6.07, 6.45) is 3.93. The fourth-order valence-electron chi connectivity index (χ4n) is 2.43. The largest absolute Gasteiger partial charge is 0.360 e. The van der Waals surface area contributed by atoms with Crippen molar-refractivity contribution in [3.8, 4) is 0 Å². The van der Waals surface area contributed by atoms with Gasteiger partial charge < -0.3 is 9.84 Å². The van der Waals surface area contributed by atoms with Crippen LogP contribution < -0.4 is 5.32 Å². The van der Waals surface area contributed by atoms with Crippen molar-refractivity contribution in [3.63, 3.8) is 0 Å². The Morgan fingerprint density at radius 1 is 1.60 bits per heavy atom. The second kappa shape index (κ2) is 3.97. The SMILES string of the molecule is Cc1cc(CNC2CCCC2(C)C)on1. The van der Waals surface area contributed by atoms with Crippen molar-refractivity contribution in [1.29, 1.82) is 0 Å². The average Bonchev–Trinajstić information content (AvgIpc) is 2.69. The zero-order chi connectivity index (χ0) is 10.9. The lowest BCUT2D eigenvalue weighted by Gasteiger charge is -2.27. The van der Waals surface area contributed by atoms with Gasteiger partial charge in [-0.2, -0.15) is 0 Å². The lowest BCUT2D eigenvalue weighted by Crippen LogP contribution is -2.37. The van der Waals surface area contributed by atoms with E-state index in [0.717, 1.165) is 18.0 Å². The predicted octanol–water partition coefficient (Wildman–Crippen LogP) is 2.65. The monoisotopic (exact) mass is 208 g/mol. The van der Waals surface area contributed by atoms with Gasteiger partial charge in [0.2, 0.25) is 0 Å². The van der Waals surface area contributed by atoms with Crippen molar-refractivity contribution in [2.24, 2.45) is 5.41 Å². The normalized spacial score (nSPS) is 24.6. The zero-order valence-corrected chi connectivity index (χ0v) is 9.84. The standard InChI is InChI=1S/C12H20N2O/c1-9-7-10(15-14-9)8-13-11-5-4-6-12(11,2)3/h7,11,13H,4-6,8H2,1-3H3. The van der Waals surface area contributed by atoms with Gasteiger partial charge >= 0.3 is 0 Å². The van der Waals surface area contributed by atoms with Crippen molar-refractivity contribution < 1.29 is 4.52 Å². The molecule has 1 saturated carbocycles. The molecule has 0 amide bonds. The molecule has 0 aliphatic heterocycles. The molecule has 1 N–H and O–H groups in total. The van der Waals surface area contributed by atoms with Gasteiger partial charge in [0.15, 0.2) is 5.76 Å². The number of hydrogen-bond acceptors (Lipinski definition) is 3. The van der Waals surface area contributed by atoms with Crippen LogP contribution in [-0.2, 0) is 6.54 Å². The summed E-state index contributed by atoms with van der Waals surface area (Å²) in [6, 6.07) is 2.61. The highest BCUT2D eigenvalue weighted by Gasteiger charge is 2.33. The number of nitrogens with one attached hydrogen (secondary N) is 1. The number of aromatic nitrogens is 1. The summed E-state index contributed by atoms with van der Waals surface area (Å²) in [5, 5.41) is 7.45. The molecule has 15 heavy (non-hydrogen) atoms. The van der Waals surface area contributed by atoms with E-state index in [1.54, 1.807) is 0 Å². The van der Waals surface area contributed by atoms with E-state index < -0.39 is 0 Å². The highest BCUT2D eigenvalue weighted by atomic mass is 16.5.